The quantitative estimate of drug-likeness (QED) is 0.274. The molecule has 4 aromatic rings. The Labute approximate surface area is 247 Å². The number of ether oxygens (including phenoxy) is 1. The molecule has 2 aromatic heterocycles. The third-order valence-corrected chi connectivity index (χ3v) is 9.40. The maximum Gasteiger partial charge on any atom is 0.319 e. The molecule has 3 saturated heterocycles. The lowest BCUT2D eigenvalue weighted by Gasteiger charge is -2.34. The first-order chi connectivity index (χ1) is 20.0. The van der Waals surface area contributed by atoms with Crippen LogP contribution in [-0.2, 0) is 0 Å². The fourth-order valence-corrected chi connectivity index (χ4v) is 7.47. The average Bonchev–Trinajstić information content (AvgIpc) is 3.60. The summed E-state index contributed by atoms with van der Waals surface area (Å²) in [5.74, 6) is -3.47. The number of thiazole rings is 1. The second-order valence-corrected chi connectivity index (χ2v) is 12.8. The lowest BCUT2D eigenvalue weighted by molar-refractivity contribution is 0.00894. The van der Waals surface area contributed by atoms with E-state index in [2.05, 4.69) is 20.2 Å². The van der Waals surface area contributed by atoms with Gasteiger partial charge in [-0.1, -0.05) is 22.9 Å². The molecule has 8 nitrogen and oxygen atoms in total. The van der Waals surface area contributed by atoms with E-state index in [-0.39, 0.29) is 81.2 Å². The molecule has 0 aliphatic carbocycles. The zero-order valence-electron chi connectivity index (χ0n) is 22.6. The zero-order valence-corrected chi connectivity index (χ0v) is 24.2. The molecule has 5 heterocycles. The van der Waals surface area contributed by atoms with Crippen LogP contribution >= 0.6 is 22.9 Å². The number of nitrogens with zero attached hydrogens (tertiary/aromatic N) is 5. The number of aromatic nitrogens is 3. The van der Waals surface area contributed by atoms with Gasteiger partial charge in [0.15, 0.2) is 10.9 Å². The Morgan fingerprint density at radius 2 is 1.93 bits per heavy atom. The smallest absolute Gasteiger partial charge is 0.319 e. The van der Waals surface area contributed by atoms with Crippen LogP contribution in [0.25, 0.3) is 32.2 Å². The van der Waals surface area contributed by atoms with Crippen LogP contribution in [0.2, 0.25) is 5.02 Å². The maximum absolute atomic E-state index is 16.6. The number of hydrogen-bond donors (Lipinski definition) is 2. The standard InChI is InChI=1S/C28H28ClF4N7OS/c1-13(9-39-7-6-28(32,33)12-39)41-27-37-22-17(25(38-27)40-10-14-2-3-15(11-40)35-14)8-18(29)20(21(22)31)16-4-5-19(30)24-23(16)36-26(34)42-24/h4-5,8,13-15,35H,2-3,6-7,9-12H2,1H3,(H2,34,36)/t13-,14?,15?/m0/s1. The average molecular weight is 622 g/mol. The van der Waals surface area contributed by atoms with Crippen LogP contribution in [-0.4, -0.2) is 76.7 Å². The summed E-state index contributed by atoms with van der Waals surface area (Å²) in [6, 6.07) is 4.77. The fourth-order valence-electron chi connectivity index (χ4n) is 6.41. The first-order valence-electron chi connectivity index (χ1n) is 13.9. The predicted octanol–water partition coefficient (Wildman–Crippen LogP) is 5.47. The normalized spacial score (nSPS) is 22.9. The molecule has 3 fully saturated rings. The summed E-state index contributed by atoms with van der Waals surface area (Å²) in [6.45, 7) is 3.25. The van der Waals surface area contributed by atoms with Gasteiger partial charge in [0.1, 0.15) is 23.3 Å². The number of rotatable bonds is 6. The lowest BCUT2D eigenvalue weighted by Crippen LogP contribution is -2.51. The van der Waals surface area contributed by atoms with Crippen molar-refractivity contribution in [3.8, 4) is 17.1 Å². The first kappa shape index (κ1) is 27.8. The van der Waals surface area contributed by atoms with Gasteiger partial charge >= 0.3 is 6.01 Å². The van der Waals surface area contributed by atoms with Crippen molar-refractivity contribution in [3.63, 3.8) is 0 Å². The molecular weight excluding hydrogens is 594 g/mol. The Morgan fingerprint density at radius 1 is 1.17 bits per heavy atom. The molecule has 2 aromatic carbocycles. The van der Waals surface area contributed by atoms with E-state index in [1.807, 2.05) is 0 Å². The molecule has 2 unspecified atom stereocenters. The second-order valence-electron chi connectivity index (χ2n) is 11.4. The Morgan fingerprint density at radius 3 is 2.64 bits per heavy atom. The number of benzene rings is 2. The van der Waals surface area contributed by atoms with Gasteiger partial charge in [-0.2, -0.15) is 9.97 Å². The minimum Gasteiger partial charge on any atom is -0.459 e. The lowest BCUT2D eigenvalue weighted by atomic mass is 10.0. The van der Waals surface area contributed by atoms with Gasteiger partial charge in [0.25, 0.3) is 5.92 Å². The van der Waals surface area contributed by atoms with Crippen molar-refractivity contribution in [1.82, 2.24) is 25.2 Å². The summed E-state index contributed by atoms with van der Waals surface area (Å²) in [6.07, 6.45) is 1.33. The van der Waals surface area contributed by atoms with Crippen LogP contribution in [0.4, 0.5) is 28.5 Å². The molecule has 42 heavy (non-hydrogen) atoms. The van der Waals surface area contributed by atoms with Crippen molar-refractivity contribution in [1.29, 1.82) is 0 Å². The van der Waals surface area contributed by atoms with Crippen molar-refractivity contribution in [2.45, 2.75) is 50.3 Å². The molecule has 3 aliphatic heterocycles. The van der Waals surface area contributed by atoms with E-state index < -0.39 is 23.7 Å². The van der Waals surface area contributed by atoms with Gasteiger partial charge in [-0.3, -0.25) is 4.90 Å². The Balaban J connectivity index is 1.33. The van der Waals surface area contributed by atoms with Gasteiger partial charge in [0, 0.05) is 61.2 Å². The minimum absolute atomic E-state index is 0.0131. The van der Waals surface area contributed by atoms with Crippen LogP contribution < -0.4 is 20.7 Å². The number of nitrogens with two attached hydrogens (primary N) is 1. The Kier molecular flexibility index (Phi) is 6.83. The predicted molar refractivity (Wildman–Crippen MR) is 156 cm³/mol. The third-order valence-electron chi connectivity index (χ3n) is 8.21. The van der Waals surface area contributed by atoms with E-state index >= 15 is 4.39 Å². The van der Waals surface area contributed by atoms with Crippen LogP contribution in [0, 0.1) is 11.6 Å². The van der Waals surface area contributed by atoms with Crippen molar-refractivity contribution < 1.29 is 22.3 Å². The number of halogens is 5. The Hall–Kier alpha value is -3.00. The van der Waals surface area contributed by atoms with Gasteiger partial charge in [-0.25, -0.2) is 22.5 Å². The van der Waals surface area contributed by atoms with Gasteiger partial charge in [-0.15, -0.1) is 0 Å². The molecule has 0 spiro atoms. The monoisotopic (exact) mass is 621 g/mol. The topological polar surface area (TPSA) is 92.4 Å². The summed E-state index contributed by atoms with van der Waals surface area (Å²) < 4.78 is 64.9. The SMILES string of the molecule is C[C@@H](CN1CCC(F)(F)C1)Oc1nc(N2CC3CCC(C2)N3)c2cc(Cl)c(-c3ccc(F)c4sc(N)nc34)c(F)c2n1. The van der Waals surface area contributed by atoms with Gasteiger partial charge in [-0.05, 0) is 38.0 Å². The number of piperazine rings is 1. The number of likely N-dealkylation sites (tertiary alicyclic amines) is 1. The van der Waals surface area contributed by atoms with Gasteiger partial charge in [0.2, 0.25) is 0 Å². The van der Waals surface area contributed by atoms with Crippen molar-refractivity contribution in [2.24, 2.45) is 0 Å². The maximum atomic E-state index is 16.6. The van der Waals surface area contributed by atoms with E-state index in [1.165, 1.54) is 12.1 Å². The fraction of sp³-hybridized carbons (Fsp3) is 0.464. The highest BCUT2D eigenvalue weighted by molar-refractivity contribution is 7.22. The summed E-state index contributed by atoms with van der Waals surface area (Å²) in [7, 11) is 0. The van der Waals surface area contributed by atoms with Crippen LogP contribution in [0.15, 0.2) is 18.2 Å². The molecule has 0 saturated carbocycles. The molecular formula is C28H28ClF4N7OS. The Bertz CT molecular complexity index is 1690. The van der Waals surface area contributed by atoms with E-state index in [0.29, 0.717) is 24.3 Å². The zero-order chi connectivity index (χ0) is 29.3. The molecule has 3 atom stereocenters. The summed E-state index contributed by atoms with van der Waals surface area (Å²) in [4.78, 5) is 17.1. The molecule has 3 aliphatic rings. The first-order valence-corrected chi connectivity index (χ1v) is 15.1. The van der Waals surface area contributed by atoms with Crippen LogP contribution in [0.3, 0.4) is 0 Å². The van der Waals surface area contributed by atoms with Crippen molar-refractivity contribution >= 4 is 55.0 Å². The highest BCUT2D eigenvalue weighted by Crippen LogP contribution is 2.43. The van der Waals surface area contributed by atoms with Crippen LogP contribution in [0.1, 0.15) is 26.2 Å². The van der Waals surface area contributed by atoms with Crippen molar-refractivity contribution in [2.75, 3.05) is 43.4 Å². The number of nitrogen functional groups attached to an aromatic ring is 1. The largest absolute Gasteiger partial charge is 0.459 e. The van der Waals surface area contributed by atoms with Crippen molar-refractivity contribution in [3.05, 3.63) is 34.9 Å². The number of hydrogen-bond acceptors (Lipinski definition) is 9. The van der Waals surface area contributed by atoms with Gasteiger partial charge < -0.3 is 20.7 Å². The molecule has 0 radical (unpaired) electrons. The molecule has 7 rings (SSSR count). The van der Waals surface area contributed by atoms with E-state index in [0.717, 1.165) is 24.2 Å². The molecule has 2 bridgehead atoms. The highest BCUT2D eigenvalue weighted by atomic mass is 35.5. The van der Waals surface area contributed by atoms with Gasteiger partial charge in [0.05, 0.1) is 21.8 Å². The van der Waals surface area contributed by atoms with Crippen LogP contribution in [0.5, 0.6) is 6.01 Å². The molecule has 14 heteroatoms. The summed E-state index contributed by atoms with van der Waals surface area (Å²) in [5.41, 5.74) is 6.36. The molecule has 222 valence electrons. The number of alkyl halides is 2. The third kappa shape index (κ3) is 4.99. The number of fused-ring (bicyclic) bond motifs is 4. The van der Waals surface area contributed by atoms with E-state index in [4.69, 9.17) is 27.1 Å². The second kappa shape index (κ2) is 10.3. The number of nitrogens with one attached hydrogen (secondary N) is 1. The summed E-state index contributed by atoms with van der Waals surface area (Å²) >= 11 is 7.71. The molecule has 3 N–H and O–H groups in total. The van der Waals surface area contributed by atoms with E-state index in [9.17, 15) is 13.2 Å². The minimum atomic E-state index is -2.72. The molecule has 0 amide bonds. The summed E-state index contributed by atoms with van der Waals surface area (Å²) in [5, 5.41) is 4.24. The van der Waals surface area contributed by atoms with E-state index in [1.54, 1.807) is 17.9 Å². The number of anilines is 2. The highest BCUT2D eigenvalue weighted by Gasteiger charge is 2.39.